The van der Waals surface area contributed by atoms with E-state index in [1.54, 1.807) is 0 Å². The lowest BCUT2D eigenvalue weighted by atomic mass is 11.5. The molecule has 0 radical (unpaired) electrons. The summed E-state index contributed by atoms with van der Waals surface area (Å²) in [4.78, 5) is 8.56. The van der Waals surface area contributed by atoms with E-state index in [2.05, 4.69) is 0 Å². The third-order valence-electron chi connectivity index (χ3n) is 0. The van der Waals surface area contributed by atoms with Gasteiger partial charge in [0, 0.05) is 0 Å². The van der Waals surface area contributed by atoms with Crippen molar-refractivity contribution in [1.82, 2.24) is 0 Å². The summed E-state index contributed by atoms with van der Waals surface area (Å²) in [5.41, 5.74) is 0. The van der Waals surface area contributed by atoms with Crippen LogP contribution in [0.1, 0.15) is 0 Å². The van der Waals surface area contributed by atoms with Gasteiger partial charge in [-0.2, -0.15) is 8.42 Å². The minimum atomic E-state index is -4.67. The summed E-state index contributed by atoms with van der Waals surface area (Å²) < 4.78 is 31.6. The van der Waals surface area contributed by atoms with Crippen molar-refractivity contribution in [3.05, 3.63) is 0 Å². The van der Waals surface area contributed by atoms with Crippen molar-refractivity contribution >= 4 is 16.6 Å². The third-order valence-corrected chi connectivity index (χ3v) is 0. The summed E-state index contributed by atoms with van der Waals surface area (Å²) >= 11 is 0. The molecule has 0 aliphatic heterocycles. The second-order valence-corrected chi connectivity index (χ2v) is 1.63. The van der Waals surface area contributed by atoms with E-state index in [1.165, 1.54) is 0 Å². The number of rotatable bonds is 0. The molecule has 64 valence electrons. The lowest BCUT2D eigenvalue weighted by Gasteiger charge is -1.68. The van der Waals surface area contributed by atoms with Crippen LogP contribution in [0.5, 0.6) is 0 Å². The van der Waals surface area contributed by atoms with Gasteiger partial charge in [0.05, 0.1) is 0 Å². The predicted octanol–water partition coefficient (Wildman–Crippen LogP) is -0.278. The van der Waals surface area contributed by atoms with Crippen molar-refractivity contribution in [3.8, 4) is 0 Å². The first-order valence-electron chi connectivity index (χ1n) is 1.35. The van der Waals surface area contributed by atoms with Crippen LogP contribution in [0.4, 0.5) is 9.50 Å². The predicted molar refractivity (Wildman–Crippen MR) is 27.3 cm³/mol. The van der Waals surface area contributed by atoms with E-state index in [0.29, 0.717) is 0 Å². The highest BCUT2D eigenvalue weighted by molar-refractivity contribution is 7.79. The first-order valence-corrected chi connectivity index (χ1v) is 2.75. The Morgan fingerprint density at radius 3 is 1.10 bits per heavy atom. The highest BCUT2D eigenvalue weighted by Crippen LogP contribution is 1.59. The Morgan fingerprint density at radius 1 is 1.10 bits per heavy atom. The van der Waals surface area contributed by atoms with Crippen LogP contribution in [0.25, 0.3) is 0 Å². The first-order chi connectivity index (χ1) is 3.73. The Morgan fingerprint density at radius 2 is 1.10 bits per heavy atom. The smallest absolute Gasteiger partial charge is 0.450 e. The van der Waals surface area contributed by atoms with Gasteiger partial charge in [0.15, 0.2) is 0 Å². The Bertz CT molecular complexity index is 156. The largest absolute Gasteiger partial charge is 0.503 e. The van der Waals surface area contributed by atoms with E-state index in [4.69, 9.17) is 32.5 Å². The fourth-order valence-electron chi connectivity index (χ4n) is 0. The Kier molecular flexibility index (Phi) is 9.93. The zero-order valence-electron chi connectivity index (χ0n) is 4.33. The summed E-state index contributed by atoms with van der Waals surface area (Å²) in [7, 11) is -4.67. The SMILES string of the molecule is F.O=C(O)O.O=S(=O)(O)O. The molecule has 0 aromatic rings. The molecule has 0 amide bonds. The number of carbonyl (C=O) groups is 1. The monoisotopic (exact) mass is 180 g/mol. The van der Waals surface area contributed by atoms with Crippen LogP contribution in [0.2, 0.25) is 0 Å². The maximum absolute atomic E-state index is 8.74. The molecule has 0 bridgehead atoms. The van der Waals surface area contributed by atoms with Gasteiger partial charge in [-0.1, -0.05) is 0 Å². The molecule has 0 spiro atoms. The van der Waals surface area contributed by atoms with Crippen LogP contribution in [0.15, 0.2) is 0 Å². The van der Waals surface area contributed by atoms with Gasteiger partial charge >= 0.3 is 16.6 Å². The maximum atomic E-state index is 8.74. The van der Waals surface area contributed by atoms with Gasteiger partial charge in [-0.25, -0.2) is 4.79 Å². The van der Waals surface area contributed by atoms with Crippen molar-refractivity contribution in [1.29, 1.82) is 0 Å². The lowest BCUT2D eigenvalue weighted by molar-refractivity contribution is 0.137. The molecule has 0 saturated heterocycles. The molecule has 10 heavy (non-hydrogen) atoms. The van der Waals surface area contributed by atoms with Crippen LogP contribution in [-0.2, 0) is 10.4 Å². The summed E-state index contributed by atoms with van der Waals surface area (Å²) in [5, 5.41) is 13.9. The van der Waals surface area contributed by atoms with Crippen LogP contribution < -0.4 is 0 Å². The quantitative estimate of drug-likeness (QED) is 0.377. The van der Waals surface area contributed by atoms with Gasteiger partial charge in [-0.05, 0) is 0 Å². The average molecular weight is 180 g/mol. The molecule has 0 aliphatic rings. The first kappa shape index (κ1) is 16.0. The zero-order valence-corrected chi connectivity index (χ0v) is 5.15. The van der Waals surface area contributed by atoms with Gasteiger partial charge < -0.3 is 10.2 Å². The molecule has 0 heterocycles. The van der Waals surface area contributed by atoms with Gasteiger partial charge in [0.25, 0.3) is 0 Å². The molecular weight excluding hydrogens is 175 g/mol. The second-order valence-electron chi connectivity index (χ2n) is 0.730. The van der Waals surface area contributed by atoms with E-state index < -0.39 is 16.6 Å². The van der Waals surface area contributed by atoms with Gasteiger partial charge in [0.2, 0.25) is 0 Å². The van der Waals surface area contributed by atoms with Crippen molar-refractivity contribution in [2.45, 2.75) is 0 Å². The summed E-state index contributed by atoms with van der Waals surface area (Å²) in [6.07, 6.45) is -1.83. The van der Waals surface area contributed by atoms with E-state index >= 15 is 0 Å². The lowest BCUT2D eigenvalue weighted by Crippen LogP contribution is -1.89. The molecule has 0 aromatic carbocycles. The number of halogens is 1. The van der Waals surface area contributed by atoms with Crippen molar-refractivity contribution in [2.75, 3.05) is 0 Å². The Labute approximate surface area is 54.9 Å². The average Bonchev–Trinajstić information content (AvgIpc) is 1.19. The molecule has 9 heteroatoms. The fraction of sp³-hybridized carbons (Fsp3) is 0. The molecule has 0 unspecified atom stereocenters. The molecule has 0 fully saturated rings. The van der Waals surface area contributed by atoms with Crippen LogP contribution in [0.3, 0.4) is 0 Å². The van der Waals surface area contributed by atoms with E-state index in [1.807, 2.05) is 0 Å². The summed E-state index contributed by atoms with van der Waals surface area (Å²) in [6.45, 7) is 0. The van der Waals surface area contributed by atoms with Crippen LogP contribution >= 0.6 is 0 Å². The van der Waals surface area contributed by atoms with Crippen molar-refractivity contribution < 1.29 is 37.2 Å². The topological polar surface area (TPSA) is 132 Å². The molecular formula is CH5FO7S. The zero-order chi connectivity index (χ0) is 8.08. The normalized spacial score (nSPS) is 8.20. The number of carboxylic acid groups (broad SMARTS) is 2. The minimum absolute atomic E-state index is 0. The summed E-state index contributed by atoms with van der Waals surface area (Å²) in [5.74, 6) is 0. The maximum Gasteiger partial charge on any atom is 0.503 e. The van der Waals surface area contributed by atoms with Gasteiger partial charge in [0.1, 0.15) is 0 Å². The fourth-order valence-corrected chi connectivity index (χ4v) is 0. The third kappa shape index (κ3) is 301. The van der Waals surface area contributed by atoms with E-state index in [9.17, 15) is 0 Å². The Balaban J connectivity index is -0.0000000910. The highest BCUT2D eigenvalue weighted by Gasteiger charge is 1.84. The van der Waals surface area contributed by atoms with E-state index in [0.717, 1.165) is 0 Å². The molecule has 0 rings (SSSR count). The van der Waals surface area contributed by atoms with Gasteiger partial charge in [-0.15, -0.1) is 0 Å². The second kappa shape index (κ2) is 6.19. The van der Waals surface area contributed by atoms with Crippen LogP contribution in [-0.4, -0.2) is 33.9 Å². The minimum Gasteiger partial charge on any atom is -0.450 e. The number of hydrogen-bond acceptors (Lipinski definition) is 3. The number of hydrogen-bond donors (Lipinski definition) is 4. The molecule has 4 N–H and O–H groups in total. The summed E-state index contributed by atoms with van der Waals surface area (Å²) in [6, 6.07) is 0. The van der Waals surface area contributed by atoms with Gasteiger partial charge in [-0.3, -0.25) is 13.8 Å². The standard InChI is InChI=1S/CH2O3.FH.H2O4S/c2-1(3)4;;1-5(2,3)4/h(H2,2,3,4);1H;(H2,1,2,3,4). The molecule has 0 aliphatic carbocycles. The molecule has 7 nitrogen and oxygen atoms in total. The molecule has 0 atom stereocenters. The molecule has 0 aromatic heterocycles. The highest BCUT2D eigenvalue weighted by atomic mass is 32.3. The Hall–Kier alpha value is -0.930. The van der Waals surface area contributed by atoms with Crippen molar-refractivity contribution in [2.24, 2.45) is 0 Å². The van der Waals surface area contributed by atoms with Crippen LogP contribution in [0, 0.1) is 0 Å². The van der Waals surface area contributed by atoms with Crippen molar-refractivity contribution in [3.63, 3.8) is 0 Å². The molecule has 0 saturated carbocycles. The van der Waals surface area contributed by atoms with E-state index in [-0.39, 0.29) is 4.70 Å².